The van der Waals surface area contributed by atoms with Crippen molar-refractivity contribution in [2.75, 3.05) is 24.2 Å². The lowest BCUT2D eigenvalue weighted by Crippen LogP contribution is -2.37. The highest BCUT2D eigenvalue weighted by Crippen LogP contribution is 2.19. The van der Waals surface area contributed by atoms with E-state index in [4.69, 9.17) is 0 Å². The summed E-state index contributed by atoms with van der Waals surface area (Å²) in [6.45, 7) is 3.83. The fourth-order valence-electron chi connectivity index (χ4n) is 2.59. The van der Waals surface area contributed by atoms with Crippen molar-refractivity contribution in [3.63, 3.8) is 0 Å². The smallest absolute Gasteiger partial charge is 0.257 e. The summed E-state index contributed by atoms with van der Waals surface area (Å²) in [6.07, 6.45) is 4.77. The number of carbonyl (C=O) groups is 1. The Labute approximate surface area is 147 Å². The molecule has 132 valence electrons. The number of para-hydroxylation sites is 1. The standard InChI is InChI=1S/C17H20N4O3S/c1-2-18-11-13-5-3-4-6-15(13)19-17(22)14-7-8-16-20-25(23,24)10-9-21(16)12-14/h3-8,12,18H,2,9-11H2,1H3,(H,19,22). The van der Waals surface area contributed by atoms with Gasteiger partial charge in [0.2, 0.25) is 0 Å². The lowest BCUT2D eigenvalue weighted by Gasteiger charge is -2.27. The zero-order chi connectivity index (χ0) is 17.9. The van der Waals surface area contributed by atoms with Crippen LogP contribution in [0.4, 0.5) is 5.69 Å². The van der Waals surface area contributed by atoms with Gasteiger partial charge in [0.05, 0.1) is 11.3 Å². The number of fused-ring (bicyclic) bond motifs is 1. The van der Waals surface area contributed by atoms with Crippen molar-refractivity contribution in [2.24, 2.45) is 4.40 Å². The van der Waals surface area contributed by atoms with E-state index < -0.39 is 10.0 Å². The third-order valence-electron chi connectivity index (χ3n) is 3.92. The molecule has 1 amide bonds. The Morgan fingerprint density at radius 1 is 1.28 bits per heavy atom. The Hall–Kier alpha value is -2.45. The first-order chi connectivity index (χ1) is 12.0. The number of sulfonamides is 1. The number of nitrogens with zero attached hydrogens (tertiary/aromatic N) is 2. The number of hydrogen-bond donors (Lipinski definition) is 2. The molecule has 0 radical (unpaired) electrons. The molecular weight excluding hydrogens is 340 g/mol. The second-order valence-electron chi connectivity index (χ2n) is 5.74. The molecule has 0 saturated heterocycles. The number of amides is 1. The minimum atomic E-state index is -3.40. The van der Waals surface area contributed by atoms with E-state index in [9.17, 15) is 13.2 Å². The minimum absolute atomic E-state index is 0.0543. The summed E-state index contributed by atoms with van der Waals surface area (Å²) < 4.78 is 26.8. The molecule has 1 aromatic carbocycles. The largest absolute Gasteiger partial charge is 0.330 e. The normalized spacial score (nSPS) is 18.2. The molecule has 0 unspecified atom stereocenters. The van der Waals surface area contributed by atoms with E-state index in [0.717, 1.165) is 17.8 Å². The van der Waals surface area contributed by atoms with Crippen LogP contribution < -0.4 is 10.6 Å². The van der Waals surface area contributed by atoms with E-state index in [0.29, 0.717) is 24.5 Å². The van der Waals surface area contributed by atoms with Gasteiger partial charge in [-0.2, -0.15) is 0 Å². The molecule has 25 heavy (non-hydrogen) atoms. The van der Waals surface area contributed by atoms with E-state index >= 15 is 0 Å². The quantitative estimate of drug-likeness (QED) is 0.824. The third-order valence-corrected chi connectivity index (χ3v) is 5.08. The molecule has 7 nitrogen and oxygen atoms in total. The number of benzene rings is 1. The Morgan fingerprint density at radius 2 is 2.08 bits per heavy atom. The van der Waals surface area contributed by atoms with Crippen molar-refractivity contribution >= 4 is 27.5 Å². The van der Waals surface area contributed by atoms with Crippen molar-refractivity contribution in [1.29, 1.82) is 0 Å². The second kappa shape index (κ2) is 7.20. The predicted molar refractivity (Wildman–Crippen MR) is 97.6 cm³/mol. The summed E-state index contributed by atoms with van der Waals surface area (Å²) in [5.74, 6) is 0.0457. The molecule has 2 N–H and O–H groups in total. The third kappa shape index (κ3) is 4.15. The van der Waals surface area contributed by atoms with Gasteiger partial charge >= 0.3 is 0 Å². The second-order valence-corrected chi connectivity index (χ2v) is 7.49. The average Bonchev–Trinajstić information content (AvgIpc) is 2.59. The molecular formula is C17H20N4O3S. The van der Waals surface area contributed by atoms with Crippen LogP contribution in [0.2, 0.25) is 0 Å². The van der Waals surface area contributed by atoms with Crippen LogP contribution >= 0.6 is 0 Å². The molecule has 0 spiro atoms. The van der Waals surface area contributed by atoms with E-state index in [-0.39, 0.29) is 11.7 Å². The number of amidine groups is 1. The van der Waals surface area contributed by atoms with E-state index in [1.165, 1.54) is 0 Å². The van der Waals surface area contributed by atoms with Gasteiger partial charge in [-0.3, -0.25) is 4.79 Å². The van der Waals surface area contributed by atoms with Gasteiger partial charge in [0.25, 0.3) is 15.9 Å². The van der Waals surface area contributed by atoms with Crippen LogP contribution in [0.1, 0.15) is 12.5 Å². The first-order valence-corrected chi connectivity index (χ1v) is 9.68. The molecule has 8 heteroatoms. The molecule has 0 aromatic heterocycles. The van der Waals surface area contributed by atoms with Crippen LogP contribution in [0.3, 0.4) is 0 Å². The van der Waals surface area contributed by atoms with Crippen molar-refractivity contribution in [1.82, 2.24) is 10.2 Å². The Morgan fingerprint density at radius 3 is 2.88 bits per heavy atom. The van der Waals surface area contributed by atoms with Gasteiger partial charge in [0.15, 0.2) is 0 Å². The molecule has 0 fully saturated rings. The molecule has 1 aromatic rings. The van der Waals surface area contributed by atoms with E-state index in [1.807, 2.05) is 31.2 Å². The van der Waals surface area contributed by atoms with Crippen LogP contribution in [0.15, 0.2) is 52.6 Å². The number of nitrogens with one attached hydrogen (secondary N) is 2. The lowest BCUT2D eigenvalue weighted by atomic mass is 10.1. The monoisotopic (exact) mass is 360 g/mol. The number of carbonyl (C=O) groups excluding carboxylic acids is 1. The summed E-state index contributed by atoms with van der Waals surface area (Å²) >= 11 is 0. The minimum Gasteiger partial charge on any atom is -0.330 e. The maximum Gasteiger partial charge on any atom is 0.257 e. The number of rotatable bonds is 5. The lowest BCUT2D eigenvalue weighted by molar-refractivity contribution is -0.112. The molecule has 0 saturated carbocycles. The van der Waals surface area contributed by atoms with Crippen LogP contribution in [0, 0.1) is 0 Å². The summed E-state index contributed by atoms with van der Waals surface area (Å²) in [5.41, 5.74) is 2.21. The molecule has 2 aliphatic rings. The van der Waals surface area contributed by atoms with Crippen LogP contribution in [-0.2, 0) is 21.4 Å². The first-order valence-electron chi connectivity index (χ1n) is 8.07. The van der Waals surface area contributed by atoms with Gasteiger partial charge in [-0.25, -0.2) is 8.42 Å². The molecule has 0 atom stereocenters. The van der Waals surface area contributed by atoms with Gasteiger partial charge < -0.3 is 15.5 Å². The molecule has 3 rings (SSSR count). The Balaban J connectivity index is 1.75. The summed E-state index contributed by atoms with van der Waals surface area (Å²) in [4.78, 5) is 14.2. The summed E-state index contributed by atoms with van der Waals surface area (Å²) in [5, 5.41) is 6.16. The van der Waals surface area contributed by atoms with Crippen molar-refractivity contribution in [3.05, 3.63) is 53.8 Å². The fourth-order valence-corrected chi connectivity index (χ4v) is 3.56. The maximum absolute atomic E-state index is 12.6. The van der Waals surface area contributed by atoms with Gasteiger partial charge in [0, 0.05) is 25.0 Å². The van der Waals surface area contributed by atoms with Gasteiger partial charge in [-0.05, 0) is 30.3 Å². The van der Waals surface area contributed by atoms with Crippen molar-refractivity contribution in [3.8, 4) is 0 Å². The van der Waals surface area contributed by atoms with Crippen LogP contribution in [0.25, 0.3) is 0 Å². The zero-order valence-electron chi connectivity index (χ0n) is 13.9. The summed E-state index contributed by atoms with van der Waals surface area (Å²) in [7, 11) is -3.40. The molecule has 0 aliphatic carbocycles. The molecule has 2 aliphatic heterocycles. The Kier molecular flexibility index (Phi) is 5.00. The average molecular weight is 360 g/mol. The highest BCUT2D eigenvalue weighted by molar-refractivity contribution is 7.90. The highest BCUT2D eigenvalue weighted by Gasteiger charge is 2.25. The van der Waals surface area contributed by atoms with Gasteiger partial charge in [-0.15, -0.1) is 4.40 Å². The van der Waals surface area contributed by atoms with E-state index in [2.05, 4.69) is 15.0 Å². The van der Waals surface area contributed by atoms with Crippen LogP contribution in [-0.4, -0.2) is 43.9 Å². The van der Waals surface area contributed by atoms with Crippen LogP contribution in [0.5, 0.6) is 0 Å². The van der Waals surface area contributed by atoms with Gasteiger partial charge in [-0.1, -0.05) is 25.1 Å². The maximum atomic E-state index is 12.6. The molecule has 2 heterocycles. The first kappa shape index (κ1) is 17.4. The number of anilines is 1. The SMILES string of the molecule is CCNCc1ccccc1NC(=O)C1=CN2CCS(=O)(=O)N=C2C=C1. The van der Waals surface area contributed by atoms with Crippen molar-refractivity contribution < 1.29 is 13.2 Å². The highest BCUT2D eigenvalue weighted by atomic mass is 32.2. The molecule has 0 bridgehead atoms. The predicted octanol–water partition coefficient (Wildman–Crippen LogP) is 1.23. The topological polar surface area (TPSA) is 90.9 Å². The van der Waals surface area contributed by atoms with Crippen molar-refractivity contribution in [2.45, 2.75) is 13.5 Å². The van der Waals surface area contributed by atoms with Gasteiger partial charge in [0.1, 0.15) is 5.84 Å². The fraction of sp³-hybridized carbons (Fsp3) is 0.294. The number of hydrogen-bond acceptors (Lipinski definition) is 5. The zero-order valence-corrected chi connectivity index (χ0v) is 14.7. The van der Waals surface area contributed by atoms with E-state index in [1.54, 1.807) is 23.3 Å². The summed E-state index contributed by atoms with van der Waals surface area (Å²) in [6, 6.07) is 7.62. The Bertz CT molecular complexity index is 872.